The quantitative estimate of drug-likeness (QED) is 0.552. The molecule has 0 fully saturated rings. The van der Waals surface area contributed by atoms with Gasteiger partial charge in [-0.1, -0.05) is 26.0 Å². The van der Waals surface area contributed by atoms with Gasteiger partial charge in [-0.15, -0.1) is 10.1 Å². The monoisotopic (exact) mass is 317 g/mol. The first-order valence-electron chi connectivity index (χ1n) is 6.29. The van der Waals surface area contributed by atoms with Gasteiger partial charge >= 0.3 is 0 Å². The summed E-state index contributed by atoms with van der Waals surface area (Å²) in [5, 5.41) is 12.8. The van der Waals surface area contributed by atoms with Crippen LogP contribution in [-0.4, -0.2) is 32.3 Å². The smallest absolute Gasteiger partial charge is 0.295 e. The lowest BCUT2D eigenvalue weighted by molar-refractivity contribution is -0.770. The molecule has 0 spiro atoms. The number of nitrogens with one attached hydrogen (secondary N) is 2. The van der Waals surface area contributed by atoms with Gasteiger partial charge in [0.05, 0.1) is 6.26 Å². The van der Waals surface area contributed by atoms with Gasteiger partial charge in [-0.25, -0.2) is 8.42 Å². The van der Waals surface area contributed by atoms with Crippen LogP contribution in [0.4, 0.5) is 5.69 Å². The Morgan fingerprint density at radius 2 is 1.86 bits per heavy atom. The van der Waals surface area contributed by atoms with Crippen LogP contribution >= 0.6 is 0 Å². The molecule has 0 aliphatic carbocycles. The second-order valence-corrected chi connectivity index (χ2v) is 6.63. The Morgan fingerprint density at radius 1 is 1.29 bits per heavy atom. The predicted octanol–water partition coefficient (Wildman–Crippen LogP) is 1.31. The number of anilines is 1. The van der Waals surface area contributed by atoms with Crippen LogP contribution < -0.4 is 10.0 Å². The molecule has 8 nitrogen and oxygen atoms in total. The Labute approximate surface area is 123 Å². The van der Waals surface area contributed by atoms with E-state index in [9.17, 15) is 18.5 Å². The summed E-state index contributed by atoms with van der Waals surface area (Å²) in [5.41, 5.74) is 0.969. The van der Waals surface area contributed by atoms with Crippen LogP contribution in [0, 0.1) is 10.1 Å². The van der Waals surface area contributed by atoms with E-state index in [1.165, 1.54) is 12.1 Å². The third kappa shape index (κ3) is 6.91. The molecule has 0 heterocycles. The van der Waals surface area contributed by atoms with Crippen molar-refractivity contribution in [3.63, 3.8) is 0 Å². The number of rotatable bonds is 8. The standard InChI is InChI=1S/C12H19N3O5S/c1-9(2)13-8-12(20-15(16)17)10-4-6-11(7-5-10)14-21(3,18)19/h4-7,9,12-14H,8H2,1-3H3. The molecule has 1 rings (SSSR count). The first-order valence-corrected chi connectivity index (χ1v) is 8.19. The minimum absolute atomic E-state index is 0.161. The summed E-state index contributed by atoms with van der Waals surface area (Å²) in [6.07, 6.45) is 0.293. The fraction of sp³-hybridized carbons (Fsp3) is 0.500. The average Bonchev–Trinajstić information content (AvgIpc) is 2.33. The summed E-state index contributed by atoms with van der Waals surface area (Å²) in [6.45, 7) is 4.11. The van der Waals surface area contributed by atoms with Crippen LogP contribution in [0.2, 0.25) is 0 Å². The molecule has 0 saturated carbocycles. The fourth-order valence-electron chi connectivity index (χ4n) is 1.64. The zero-order valence-electron chi connectivity index (χ0n) is 12.1. The van der Waals surface area contributed by atoms with E-state index in [1.807, 2.05) is 13.8 Å². The van der Waals surface area contributed by atoms with Gasteiger partial charge in [-0.05, 0) is 17.7 Å². The van der Waals surface area contributed by atoms with Crippen LogP contribution in [0.3, 0.4) is 0 Å². The molecule has 1 unspecified atom stereocenters. The van der Waals surface area contributed by atoms with Gasteiger partial charge in [0, 0.05) is 18.3 Å². The van der Waals surface area contributed by atoms with Gasteiger partial charge in [0.15, 0.2) is 0 Å². The summed E-state index contributed by atoms with van der Waals surface area (Å²) in [7, 11) is -3.35. The highest BCUT2D eigenvalue weighted by molar-refractivity contribution is 7.92. The van der Waals surface area contributed by atoms with Crippen LogP contribution in [0.5, 0.6) is 0 Å². The molecule has 1 aromatic carbocycles. The predicted molar refractivity (Wildman–Crippen MR) is 78.9 cm³/mol. The summed E-state index contributed by atoms with van der Waals surface area (Å²) in [4.78, 5) is 15.2. The zero-order chi connectivity index (χ0) is 16.0. The number of nitrogens with zero attached hydrogens (tertiary/aromatic N) is 1. The van der Waals surface area contributed by atoms with Crippen molar-refractivity contribution in [3.05, 3.63) is 39.9 Å². The highest BCUT2D eigenvalue weighted by atomic mass is 32.2. The van der Waals surface area contributed by atoms with Gasteiger partial charge in [-0.3, -0.25) is 4.72 Å². The first-order chi connectivity index (χ1) is 9.67. The van der Waals surface area contributed by atoms with E-state index in [1.54, 1.807) is 12.1 Å². The van der Waals surface area contributed by atoms with Gasteiger partial charge in [0.1, 0.15) is 6.10 Å². The summed E-state index contributed by atoms with van der Waals surface area (Å²) >= 11 is 0. The Morgan fingerprint density at radius 3 is 2.29 bits per heavy atom. The van der Waals surface area contributed by atoms with E-state index >= 15 is 0 Å². The lowest BCUT2D eigenvalue weighted by Gasteiger charge is -2.18. The van der Waals surface area contributed by atoms with Crippen molar-refractivity contribution >= 4 is 15.7 Å². The Kier molecular flexibility index (Phi) is 5.91. The number of hydrogen-bond acceptors (Lipinski definition) is 6. The second-order valence-electron chi connectivity index (χ2n) is 4.88. The Hall–Kier alpha value is -1.87. The lowest BCUT2D eigenvalue weighted by Crippen LogP contribution is -2.30. The third-order valence-electron chi connectivity index (χ3n) is 2.51. The Balaban J connectivity index is 2.84. The number of hydrogen-bond donors (Lipinski definition) is 2. The topological polar surface area (TPSA) is 111 Å². The molecule has 0 radical (unpaired) electrons. The van der Waals surface area contributed by atoms with Crippen molar-refractivity contribution in [3.8, 4) is 0 Å². The molecule has 9 heteroatoms. The van der Waals surface area contributed by atoms with Gasteiger partial charge in [0.25, 0.3) is 5.09 Å². The molecule has 0 aromatic heterocycles. The van der Waals surface area contributed by atoms with Crippen LogP contribution in [0.1, 0.15) is 25.5 Å². The maximum Gasteiger partial charge on any atom is 0.295 e. The highest BCUT2D eigenvalue weighted by Crippen LogP contribution is 2.20. The molecule has 0 amide bonds. The van der Waals surface area contributed by atoms with E-state index in [4.69, 9.17) is 0 Å². The number of sulfonamides is 1. The first kappa shape index (κ1) is 17.2. The van der Waals surface area contributed by atoms with E-state index in [0.29, 0.717) is 11.3 Å². The Bertz CT molecular complexity index is 571. The zero-order valence-corrected chi connectivity index (χ0v) is 12.9. The van der Waals surface area contributed by atoms with Crippen molar-refractivity contribution in [1.29, 1.82) is 0 Å². The highest BCUT2D eigenvalue weighted by Gasteiger charge is 2.16. The molecule has 118 valence electrons. The molecule has 0 aliphatic heterocycles. The van der Waals surface area contributed by atoms with E-state index in [0.717, 1.165) is 6.26 Å². The van der Waals surface area contributed by atoms with Crippen LogP contribution in [0.25, 0.3) is 0 Å². The maximum atomic E-state index is 11.1. The molecule has 0 aliphatic rings. The lowest BCUT2D eigenvalue weighted by atomic mass is 10.1. The van der Waals surface area contributed by atoms with Crippen molar-refractivity contribution in [2.24, 2.45) is 0 Å². The van der Waals surface area contributed by atoms with Crippen molar-refractivity contribution in [2.75, 3.05) is 17.5 Å². The molecular weight excluding hydrogens is 298 g/mol. The van der Waals surface area contributed by atoms with E-state index < -0.39 is 21.2 Å². The van der Waals surface area contributed by atoms with Gasteiger partial charge < -0.3 is 10.2 Å². The fourth-order valence-corrected chi connectivity index (χ4v) is 2.21. The molecule has 1 aromatic rings. The van der Waals surface area contributed by atoms with E-state index in [2.05, 4.69) is 14.9 Å². The van der Waals surface area contributed by atoms with Gasteiger partial charge in [0.2, 0.25) is 10.0 Å². The molecule has 2 N–H and O–H groups in total. The summed E-state index contributed by atoms with van der Waals surface area (Å²) < 4.78 is 24.5. The average molecular weight is 317 g/mol. The minimum atomic E-state index is -3.35. The maximum absolute atomic E-state index is 11.1. The van der Waals surface area contributed by atoms with Gasteiger partial charge in [-0.2, -0.15) is 0 Å². The summed E-state index contributed by atoms with van der Waals surface area (Å²) in [5.74, 6) is 0. The minimum Gasteiger partial charge on any atom is -0.312 e. The van der Waals surface area contributed by atoms with Crippen LogP contribution in [-0.2, 0) is 14.9 Å². The summed E-state index contributed by atoms with van der Waals surface area (Å²) in [6, 6.07) is 6.39. The van der Waals surface area contributed by atoms with E-state index in [-0.39, 0.29) is 12.6 Å². The number of benzene rings is 1. The second kappa shape index (κ2) is 7.23. The molecule has 21 heavy (non-hydrogen) atoms. The van der Waals surface area contributed by atoms with Crippen molar-refractivity contribution in [1.82, 2.24) is 5.32 Å². The van der Waals surface area contributed by atoms with Crippen molar-refractivity contribution < 1.29 is 18.3 Å². The molecular formula is C12H19N3O5S. The van der Waals surface area contributed by atoms with Crippen molar-refractivity contribution in [2.45, 2.75) is 26.0 Å². The van der Waals surface area contributed by atoms with Crippen LogP contribution in [0.15, 0.2) is 24.3 Å². The third-order valence-corrected chi connectivity index (χ3v) is 3.12. The molecule has 1 atom stereocenters. The molecule has 0 bridgehead atoms. The normalized spacial score (nSPS) is 13.0. The molecule has 0 saturated heterocycles. The SMILES string of the molecule is CC(C)NCC(O[N+](=O)[O-])c1ccc(NS(C)(=O)=O)cc1. The largest absolute Gasteiger partial charge is 0.312 e.